The van der Waals surface area contributed by atoms with E-state index in [0.717, 1.165) is 48.5 Å². The van der Waals surface area contributed by atoms with E-state index in [-0.39, 0.29) is 12.3 Å². The average Bonchev–Trinajstić information content (AvgIpc) is 2.93. The van der Waals surface area contributed by atoms with Crippen molar-refractivity contribution in [3.05, 3.63) is 113 Å². The minimum absolute atomic E-state index is 0.0624. The van der Waals surface area contributed by atoms with Crippen molar-refractivity contribution in [2.45, 2.75) is 43.7 Å². The van der Waals surface area contributed by atoms with Crippen LogP contribution in [-0.4, -0.2) is 43.7 Å². The van der Waals surface area contributed by atoms with Gasteiger partial charge < -0.3 is 9.84 Å². The van der Waals surface area contributed by atoms with E-state index < -0.39 is 15.8 Å². The van der Waals surface area contributed by atoms with E-state index in [9.17, 15) is 13.2 Å². The summed E-state index contributed by atoms with van der Waals surface area (Å²) >= 11 is 0. The molecule has 7 heteroatoms. The highest BCUT2D eigenvalue weighted by Gasteiger charge is 2.15. The average molecular weight is 546 g/mol. The largest absolute Gasteiger partial charge is 0.489 e. The molecule has 204 valence electrons. The van der Waals surface area contributed by atoms with E-state index in [1.165, 1.54) is 17.4 Å². The maximum atomic E-state index is 11.7. The van der Waals surface area contributed by atoms with Gasteiger partial charge in [0.15, 0.2) is 9.84 Å². The van der Waals surface area contributed by atoms with Gasteiger partial charge >= 0.3 is 5.97 Å². The van der Waals surface area contributed by atoms with E-state index in [4.69, 9.17) is 9.84 Å². The smallest absolute Gasteiger partial charge is 0.304 e. The van der Waals surface area contributed by atoms with Crippen molar-refractivity contribution in [1.82, 2.24) is 4.90 Å². The lowest BCUT2D eigenvalue weighted by Crippen LogP contribution is -2.28. The summed E-state index contributed by atoms with van der Waals surface area (Å²) in [4.78, 5) is 13.9. The Bertz CT molecular complexity index is 1420. The van der Waals surface area contributed by atoms with Gasteiger partial charge in [-0.05, 0) is 65.4 Å². The Morgan fingerprint density at radius 1 is 1.00 bits per heavy atom. The third-order valence-electron chi connectivity index (χ3n) is 6.91. The summed E-state index contributed by atoms with van der Waals surface area (Å²) in [6.45, 7) is 5.01. The highest BCUT2D eigenvalue weighted by molar-refractivity contribution is 7.90. The van der Waals surface area contributed by atoms with Crippen LogP contribution in [0, 0.1) is 0 Å². The number of carboxylic acid groups (broad SMARTS) is 1. The molecule has 1 atom stereocenters. The van der Waals surface area contributed by atoms with Crippen LogP contribution in [0.4, 0.5) is 0 Å². The van der Waals surface area contributed by atoms with Crippen molar-refractivity contribution in [2.75, 3.05) is 19.3 Å². The molecule has 0 bridgehead atoms. The van der Waals surface area contributed by atoms with Gasteiger partial charge in [0, 0.05) is 31.8 Å². The molecule has 4 rings (SSSR count). The van der Waals surface area contributed by atoms with Gasteiger partial charge in [0.05, 0.1) is 11.3 Å². The van der Waals surface area contributed by atoms with Crippen LogP contribution in [0.25, 0.3) is 5.57 Å². The molecule has 6 nitrogen and oxygen atoms in total. The Morgan fingerprint density at radius 2 is 1.67 bits per heavy atom. The van der Waals surface area contributed by atoms with Gasteiger partial charge in [-0.2, -0.15) is 0 Å². The maximum Gasteiger partial charge on any atom is 0.304 e. The topological polar surface area (TPSA) is 83.9 Å². The quantitative estimate of drug-likeness (QED) is 0.294. The Labute approximate surface area is 231 Å². The number of aliphatic carboxylic acids is 1. The highest BCUT2D eigenvalue weighted by atomic mass is 32.2. The predicted molar refractivity (Wildman–Crippen MR) is 154 cm³/mol. The van der Waals surface area contributed by atoms with Crippen LogP contribution in [0.5, 0.6) is 5.75 Å². The molecule has 1 N–H and O–H groups in total. The molecule has 0 aromatic heterocycles. The van der Waals surface area contributed by atoms with Crippen molar-refractivity contribution in [3.63, 3.8) is 0 Å². The summed E-state index contributed by atoms with van der Waals surface area (Å²) in [5.41, 5.74) is 5.62. The minimum atomic E-state index is -3.18. The first kappa shape index (κ1) is 28.3. The molecule has 0 unspecified atom stereocenters. The standard InChI is InChI=1S/C32H35NO5S/c1-3-4-29(21-32(34)35)27-9-13-30(14-10-27)38-23-25-7-5-24(6-8-25)22-33-19-17-28(18-20-33)26-11-15-31(16-12-26)39(2,36)37/h3-17,29H,18-23H2,1-2H3,(H,34,35)/t29-/m1/s1. The number of nitrogens with zero attached hydrogens (tertiary/aromatic N) is 1. The van der Waals surface area contributed by atoms with Crippen LogP contribution in [-0.2, 0) is 27.8 Å². The first-order chi connectivity index (χ1) is 18.7. The van der Waals surface area contributed by atoms with Crippen molar-refractivity contribution in [2.24, 2.45) is 0 Å². The summed E-state index contributed by atoms with van der Waals surface area (Å²) in [7, 11) is -3.18. The van der Waals surface area contributed by atoms with Crippen LogP contribution in [0.2, 0.25) is 0 Å². The third kappa shape index (κ3) is 8.15. The number of allylic oxidation sites excluding steroid dienone is 2. The molecular formula is C32H35NO5S. The van der Waals surface area contributed by atoms with Crippen LogP contribution in [0.3, 0.4) is 0 Å². The lowest BCUT2D eigenvalue weighted by Gasteiger charge is -2.26. The van der Waals surface area contributed by atoms with Gasteiger partial charge in [-0.1, -0.05) is 66.8 Å². The normalized spacial score (nSPS) is 15.2. The Balaban J connectivity index is 1.27. The Kier molecular flexibility index (Phi) is 9.38. The van der Waals surface area contributed by atoms with Crippen LogP contribution >= 0.6 is 0 Å². The molecule has 39 heavy (non-hydrogen) atoms. The molecule has 3 aromatic rings. The fraction of sp³-hybridized carbons (Fsp3) is 0.281. The number of hydrogen-bond donors (Lipinski definition) is 1. The second-order valence-electron chi connectivity index (χ2n) is 9.92. The SMILES string of the molecule is CC=C[C@H](CC(=O)O)c1ccc(OCc2ccc(CN3CC=C(c4ccc(S(C)(=O)=O)cc4)CC3)cc2)cc1. The van der Waals surface area contributed by atoms with Gasteiger partial charge in [-0.15, -0.1) is 0 Å². The number of ether oxygens (including phenoxy) is 1. The Morgan fingerprint density at radius 3 is 2.23 bits per heavy atom. The zero-order valence-electron chi connectivity index (χ0n) is 22.4. The molecule has 0 saturated heterocycles. The van der Waals surface area contributed by atoms with E-state index >= 15 is 0 Å². The zero-order chi connectivity index (χ0) is 27.8. The summed E-state index contributed by atoms with van der Waals surface area (Å²) in [5.74, 6) is -0.217. The molecule has 3 aromatic carbocycles. The molecule has 1 aliphatic heterocycles. The third-order valence-corrected chi connectivity index (χ3v) is 8.04. The van der Waals surface area contributed by atoms with E-state index in [1.54, 1.807) is 12.1 Å². The molecule has 1 heterocycles. The van der Waals surface area contributed by atoms with E-state index in [0.29, 0.717) is 11.5 Å². The van der Waals surface area contributed by atoms with Gasteiger partial charge in [-0.3, -0.25) is 9.69 Å². The zero-order valence-corrected chi connectivity index (χ0v) is 23.2. The molecule has 0 fully saturated rings. The van der Waals surface area contributed by atoms with E-state index in [2.05, 4.69) is 35.2 Å². The van der Waals surface area contributed by atoms with Crippen molar-refractivity contribution >= 4 is 21.4 Å². The van der Waals surface area contributed by atoms with Gasteiger partial charge in [-0.25, -0.2) is 8.42 Å². The Hall–Kier alpha value is -3.68. The van der Waals surface area contributed by atoms with Crippen molar-refractivity contribution in [3.8, 4) is 5.75 Å². The number of carboxylic acids is 1. The molecule has 1 aliphatic rings. The predicted octanol–water partition coefficient (Wildman–Crippen LogP) is 6.09. The van der Waals surface area contributed by atoms with Crippen molar-refractivity contribution in [1.29, 1.82) is 0 Å². The van der Waals surface area contributed by atoms with Gasteiger partial charge in [0.25, 0.3) is 0 Å². The highest BCUT2D eigenvalue weighted by Crippen LogP contribution is 2.26. The van der Waals surface area contributed by atoms with E-state index in [1.807, 2.05) is 55.5 Å². The molecule has 0 amide bonds. The summed E-state index contributed by atoms with van der Waals surface area (Å²) in [6.07, 6.45) is 8.24. The van der Waals surface area contributed by atoms with Gasteiger partial charge in [0.1, 0.15) is 12.4 Å². The summed E-state index contributed by atoms with van der Waals surface area (Å²) < 4.78 is 29.3. The van der Waals surface area contributed by atoms with Crippen LogP contribution < -0.4 is 4.74 Å². The van der Waals surface area contributed by atoms with Crippen molar-refractivity contribution < 1.29 is 23.1 Å². The first-order valence-corrected chi connectivity index (χ1v) is 15.0. The monoisotopic (exact) mass is 545 g/mol. The summed E-state index contributed by atoms with van der Waals surface area (Å²) in [6, 6.07) is 23.2. The number of sulfone groups is 1. The molecule has 0 saturated carbocycles. The molecular weight excluding hydrogens is 510 g/mol. The second-order valence-corrected chi connectivity index (χ2v) is 11.9. The number of hydrogen-bond acceptors (Lipinski definition) is 5. The van der Waals surface area contributed by atoms with Gasteiger partial charge in [0.2, 0.25) is 0 Å². The lowest BCUT2D eigenvalue weighted by atomic mass is 9.95. The molecule has 0 aliphatic carbocycles. The fourth-order valence-electron chi connectivity index (χ4n) is 4.73. The lowest BCUT2D eigenvalue weighted by molar-refractivity contribution is -0.137. The molecule has 0 radical (unpaired) electrons. The van der Waals surface area contributed by atoms with Crippen LogP contribution in [0.1, 0.15) is 47.9 Å². The molecule has 0 spiro atoms. The fourth-order valence-corrected chi connectivity index (χ4v) is 5.36. The summed E-state index contributed by atoms with van der Waals surface area (Å²) in [5, 5.41) is 9.15. The van der Waals surface area contributed by atoms with Crippen LogP contribution in [0.15, 0.2) is 95.9 Å². The first-order valence-electron chi connectivity index (χ1n) is 13.1. The number of carbonyl (C=O) groups is 1. The second kappa shape index (κ2) is 12.9. The maximum absolute atomic E-state index is 11.7. The number of benzene rings is 3. The minimum Gasteiger partial charge on any atom is -0.489 e. The number of rotatable bonds is 11.